The third-order valence-corrected chi connectivity index (χ3v) is 6.06. The van der Waals surface area contributed by atoms with Crippen molar-refractivity contribution in [3.8, 4) is 11.1 Å². The molecule has 0 aliphatic heterocycles. The van der Waals surface area contributed by atoms with Crippen molar-refractivity contribution in [1.82, 2.24) is 4.90 Å². The van der Waals surface area contributed by atoms with Crippen molar-refractivity contribution in [2.24, 2.45) is 0 Å². The highest BCUT2D eigenvalue weighted by Crippen LogP contribution is 2.27. The van der Waals surface area contributed by atoms with Gasteiger partial charge in [0.1, 0.15) is 5.60 Å². The number of aliphatic hydroxyl groups is 1. The van der Waals surface area contributed by atoms with Gasteiger partial charge in [-0.25, -0.2) is 9.59 Å². The van der Waals surface area contributed by atoms with Gasteiger partial charge in [-0.2, -0.15) is 0 Å². The Kier molecular flexibility index (Phi) is 10.1. The van der Waals surface area contributed by atoms with Gasteiger partial charge in [0, 0.05) is 18.3 Å². The van der Waals surface area contributed by atoms with Crippen LogP contribution in [-0.4, -0.2) is 53.9 Å². The van der Waals surface area contributed by atoms with Crippen molar-refractivity contribution in [3.05, 3.63) is 89.5 Å². The maximum absolute atomic E-state index is 12.9. The molecule has 0 spiro atoms. The first-order valence-electron chi connectivity index (χ1n) is 13.3. The molecular formula is C32H40N2O5. The van der Waals surface area contributed by atoms with Gasteiger partial charge in [-0.3, -0.25) is 0 Å². The van der Waals surface area contributed by atoms with Crippen LogP contribution in [0.25, 0.3) is 11.1 Å². The first-order chi connectivity index (χ1) is 18.5. The zero-order valence-corrected chi connectivity index (χ0v) is 23.7. The topological polar surface area (TPSA) is 88.1 Å². The van der Waals surface area contributed by atoms with Gasteiger partial charge in [-0.1, -0.05) is 60.7 Å². The molecule has 0 saturated carbocycles. The summed E-state index contributed by atoms with van der Waals surface area (Å²) < 4.78 is 10.5. The molecule has 39 heavy (non-hydrogen) atoms. The number of ether oxygens (including phenoxy) is 2. The average Bonchev–Trinajstić information content (AvgIpc) is 2.90. The minimum Gasteiger partial charge on any atom is -0.465 e. The van der Waals surface area contributed by atoms with Crippen LogP contribution in [0.4, 0.5) is 10.5 Å². The number of benzene rings is 3. The summed E-state index contributed by atoms with van der Waals surface area (Å²) in [5.41, 5.74) is 4.36. The summed E-state index contributed by atoms with van der Waals surface area (Å²) in [4.78, 5) is 26.7. The van der Waals surface area contributed by atoms with Crippen molar-refractivity contribution in [3.63, 3.8) is 0 Å². The van der Waals surface area contributed by atoms with Crippen LogP contribution in [0, 0.1) is 0 Å². The second-order valence-electron chi connectivity index (χ2n) is 10.9. The Labute approximate surface area is 231 Å². The van der Waals surface area contributed by atoms with E-state index in [-0.39, 0.29) is 18.6 Å². The SMILES string of the molecule is COC(=O)c1ccc(-c2ccc(CCN(C[C@H](O)c3ccccc3)C(=O)OC(C)(C)C)cc2)cc1NC(C)C. The molecule has 3 aromatic carbocycles. The Morgan fingerprint density at radius 3 is 2.18 bits per heavy atom. The Hall–Kier alpha value is -3.84. The van der Waals surface area contributed by atoms with E-state index in [1.165, 1.54) is 7.11 Å². The van der Waals surface area contributed by atoms with Crippen LogP contribution in [-0.2, 0) is 15.9 Å². The molecule has 3 aromatic rings. The maximum atomic E-state index is 12.9. The second-order valence-corrected chi connectivity index (χ2v) is 10.9. The van der Waals surface area contributed by atoms with Crippen molar-refractivity contribution >= 4 is 17.7 Å². The van der Waals surface area contributed by atoms with Crippen molar-refractivity contribution in [1.29, 1.82) is 0 Å². The summed E-state index contributed by atoms with van der Waals surface area (Å²) in [5, 5.41) is 14.1. The molecule has 0 aliphatic rings. The van der Waals surface area contributed by atoms with Gasteiger partial charge in [-0.05, 0) is 75.4 Å². The maximum Gasteiger partial charge on any atom is 0.410 e. The van der Waals surface area contributed by atoms with Crippen molar-refractivity contribution in [2.45, 2.75) is 58.8 Å². The molecule has 0 unspecified atom stereocenters. The summed E-state index contributed by atoms with van der Waals surface area (Å²) in [7, 11) is 1.38. The smallest absolute Gasteiger partial charge is 0.410 e. The van der Waals surface area contributed by atoms with Gasteiger partial charge in [0.15, 0.2) is 0 Å². The van der Waals surface area contributed by atoms with Gasteiger partial charge < -0.3 is 24.8 Å². The van der Waals surface area contributed by atoms with Gasteiger partial charge in [0.05, 0.1) is 25.3 Å². The van der Waals surface area contributed by atoms with E-state index in [4.69, 9.17) is 9.47 Å². The molecule has 0 heterocycles. The number of carbonyl (C=O) groups excluding carboxylic acids is 2. The molecule has 7 nitrogen and oxygen atoms in total. The summed E-state index contributed by atoms with van der Waals surface area (Å²) in [6.07, 6.45) is -0.671. The summed E-state index contributed by atoms with van der Waals surface area (Å²) in [6, 6.07) is 23.2. The fraction of sp³-hybridized carbons (Fsp3) is 0.375. The lowest BCUT2D eigenvalue weighted by molar-refractivity contribution is 0.0147. The number of hydrogen-bond acceptors (Lipinski definition) is 6. The van der Waals surface area contributed by atoms with E-state index >= 15 is 0 Å². The van der Waals surface area contributed by atoms with E-state index < -0.39 is 17.8 Å². The Morgan fingerprint density at radius 1 is 0.949 bits per heavy atom. The predicted octanol–water partition coefficient (Wildman–Crippen LogP) is 6.47. The zero-order valence-electron chi connectivity index (χ0n) is 23.7. The Morgan fingerprint density at radius 2 is 1.59 bits per heavy atom. The highest BCUT2D eigenvalue weighted by atomic mass is 16.6. The van der Waals surface area contributed by atoms with E-state index in [1.807, 2.05) is 101 Å². The molecule has 3 rings (SSSR count). The number of rotatable bonds is 10. The van der Waals surface area contributed by atoms with Crippen molar-refractivity contribution < 1.29 is 24.2 Å². The predicted molar refractivity (Wildman–Crippen MR) is 155 cm³/mol. The van der Waals surface area contributed by atoms with E-state index in [2.05, 4.69) is 5.32 Å². The quantitative estimate of drug-likeness (QED) is 0.291. The molecule has 1 atom stereocenters. The van der Waals surface area contributed by atoms with Gasteiger partial charge in [0.2, 0.25) is 0 Å². The molecule has 2 N–H and O–H groups in total. The van der Waals surface area contributed by atoms with Crippen LogP contribution >= 0.6 is 0 Å². The van der Waals surface area contributed by atoms with E-state index in [9.17, 15) is 14.7 Å². The van der Waals surface area contributed by atoms with E-state index in [0.717, 1.165) is 27.9 Å². The van der Waals surface area contributed by atoms with E-state index in [0.29, 0.717) is 18.5 Å². The molecular weight excluding hydrogens is 492 g/mol. The highest BCUT2D eigenvalue weighted by Gasteiger charge is 2.24. The first-order valence-corrected chi connectivity index (χ1v) is 13.3. The largest absolute Gasteiger partial charge is 0.465 e. The minimum atomic E-state index is -0.817. The molecule has 208 valence electrons. The van der Waals surface area contributed by atoms with Crippen LogP contribution in [0.1, 0.15) is 62.2 Å². The fourth-order valence-corrected chi connectivity index (χ4v) is 4.14. The summed E-state index contributed by atoms with van der Waals surface area (Å²) in [5.74, 6) is -0.382. The molecule has 1 amide bonds. The Balaban J connectivity index is 1.75. The van der Waals surface area contributed by atoms with Crippen LogP contribution in [0.5, 0.6) is 0 Å². The standard InChI is InChI=1S/C32H40N2O5/c1-22(2)33-28-20-26(16-17-27(28)30(36)38-6)24-14-12-23(13-15-24)18-19-34(31(37)39-32(3,4)5)21-29(35)25-10-8-7-9-11-25/h7-17,20,22,29,33,35H,18-19,21H2,1-6H3/t29-/m0/s1. The molecule has 0 saturated heterocycles. The number of hydrogen-bond donors (Lipinski definition) is 2. The van der Waals surface area contributed by atoms with E-state index in [1.54, 1.807) is 11.0 Å². The van der Waals surface area contributed by atoms with Crippen LogP contribution < -0.4 is 5.32 Å². The molecule has 7 heteroatoms. The minimum absolute atomic E-state index is 0.134. The van der Waals surface area contributed by atoms with Crippen LogP contribution in [0.3, 0.4) is 0 Å². The number of nitrogens with one attached hydrogen (secondary N) is 1. The summed E-state index contributed by atoms with van der Waals surface area (Å²) in [6.45, 7) is 10.0. The van der Waals surface area contributed by atoms with Crippen LogP contribution in [0.2, 0.25) is 0 Å². The number of anilines is 1. The number of carbonyl (C=O) groups is 2. The Bertz CT molecular complexity index is 1230. The number of nitrogens with zero attached hydrogens (tertiary/aromatic N) is 1. The number of methoxy groups -OCH3 is 1. The zero-order chi connectivity index (χ0) is 28.6. The van der Waals surface area contributed by atoms with Crippen LogP contribution in [0.15, 0.2) is 72.8 Å². The third-order valence-electron chi connectivity index (χ3n) is 6.06. The molecule has 0 aliphatic carbocycles. The normalized spacial score (nSPS) is 12.1. The highest BCUT2D eigenvalue weighted by molar-refractivity contribution is 5.96. The monoisotopic (exact) mass is 532 g/mol. The lowest BCUT2D eigenvalue weighted by Gasteiger charge is -2.29. The van der Waals surface area contributed by atoms with Crippen molar-refractivity contribution in [2.75, 3.05) is 25.5 Å². The van der Waals surface area contributed by atoms with Gasteiger partial charge >= 0.3 is 12.1 Å². The molecule has 0 fully saturated rings. The molecule has 0 aromatic heterocycles. The number of esters is 1. The first kappa shape index (κ1) is 29.7. The third kappa shape index (κ3) is 8.86. The number of amides is 1. The average molecular weight is 533 g/mol. The van der Waals surface area contributed by atoms with Gasteiger partial charge in [0.25, 0.3) is 0 Å². The molecule has 0 bridgehead atoms. The lowest BCUT2D eigenvalue weighted by atomic mass is 10.00. The summed E-state index contributed by atoms with van der Waals surface area (Å²) >= 11 is 0. The second kappa shape index (κ2) is 13.3. The molecule has 0 radical (unpaired) electrons. The number of aliphatic hydroxyl groups excluding tert-OH is 1. The van der Waals surface area contributed by atoms with Gasteiger partial charge in [-0.15, -0.1) is 0 Å². The lowest BCUT2D eigenvalue weighted by Crippen LogP contribution is -2.40. The fourth-order valence-electron chi connectivity index (χ4n) is 4.14.